The molecule has 1 unspecified atom stereocenters. The summed E-state index contributed by atoms with van der Waals surface area (Å²) in [6.45, 7) is 0. The fourth-order valence-electron chi connectivity index (χ4n) is 0.951. The molecule has 2 N–H and O–H groups in total. The van der Waals surface area contributed by atoms with Gasteiger partial charge in [0.2, 0.25) is 0 Å². The predicted octanol–water partition coefficient (Wildman–Crippen LogP) is 1.21. The van der Waals surface area contributed by atoms with E-state index in [1.54, 1.807) is 0 Å². The first-order valence-corrected chi connectivity index (χ1v) is 5.74. The summed E-state index contributed by atoms with van der Waals surface area (Å²) in [5.74, 6) is 0.0330. The van der Waals surface area contributed by atoms with Crippen molar-refractivity contribution < 1.29 is 18.1 Å². The van der Waals surface area contributed by atoms with E-state index in [1.807, 2.05) is 0 Å². The second kappa shape index (κ2) is 4.27. The zero-order valence-electron chi connectivity index (χ0n) is 7.09. The molecule has 1 aromatic carbocycles. The van der Waals surface area contributed by atoms with Crippen molar-refractivity contribution in [1.82, 2.24) is 0 Å². The van der Waals surface area contributed by atoms with Crippen LogP contribution in [-0.2, 0) is 10.1 Å². The zero-order valence-corrected chi connectivity index (χ0v) is 8.66. The highest BCUT2D eigenvalue weighted by Gasteiger charge is 2.10. The Morgan fingerprint density at radius 1 is 1.29 bits per heavy atom. The number of alkyl halides is 1. The highest BCUT2D eigenvalue weighted by Crippen LogP contribution is 2.16. The van der Waals surface area contributed by atoms with Gasteiger partial charge in [-0.05, 0) is 17.7 Å². The van der Waals surface area contributed by atoms with Gasteiger partial charge in [-0.2, -0.15) is 8.42 Å². The number of halogens is 1. The fraction of sp³-hybridized carbons (Fsp3) is 0.250. The van der Waals surface area contributed by atoms with Crippen LogP contribution >= 0.6 is 11.6 Å². The van der Waals surface area contributed by atoms with Gasteiger partial charge in [0.05, 0.1) is 16.9 Å². The van der Waals surface area contributed by atoms with Crippen molar-refractivity contribution in [3.05, 3.63) is 29.8 Å². The zero-order chi connectivity index (χ0) is 10.8. The Balaban J connectivity index is 3.01. The van der Waals surface area contributed by atoms with Crippen LogP contribution in [0.3, 0.4) is 0 Å². The van der Waals surface area contributed by atoms with E-state index in [2.05, 4.69) is 0 Å². The average molecular weight is 237 g/mol. The molecule has 0 saturated carbocycles. The first-order chi connectivity index (χ1) is 6.45. The largest absolute Gasteiger partial charge is 0.387 e. The summed E-state index contributed by atoms with van der Waals surface area (Å²) in [4.78, 5) is -0.206. The lowest BCUT2D eigenvalue weighted by molar-refractivity contribution is 0.202. The summed E-state index contributed by atoms with van der Waals surface area (Å²) in [6.07, 6.45) is -0.827. The summed E-state index contributed by atoms with van der Waals surface area (Å²) in [5.41, 5.74) is 0.507. The van der Waals surface area contributed by atoms with Crippen molar-refractivity contribution in [2.45, 2.75) is 11.0 Å². The van der Waals surface area contributed by atoms with Crippen LogP contribution in [-0.4, -0.2) is 24.0 Å². The third-order valence-electron chi connectivity index (χ3n) is 1.71. The number of hydrogen-bond acceptors (Lipinski definition) is 3. The summed E-state index contributed by atoms with van der Waals surface area (Å²) >= 11 is 5.40. The molecule has 1 aromatic rings. The summed E-state index contributed by atoms with van der Waals surface area (Å²) < 4.78 is 30.0. The van der Waals surface area contributed by atoms with E-state index in [0.29, 0.717) is 5.56 Å². The molecular formula is C8H9ClO4S. The first-order valence-electron chi connectivity index (χ1n) is 3.76. The van der Waals surface area contributed by atoms with Crippen LogP contribution in [0, 0.1) is 0 Å². The second-order valence-electron chi connectivity index (χ2n) is 2.71. The van der Waals surface area contributed by atoms with Crippen molar-refractivity contribution in [2.24, 2.45) is 0 Å². The maximum atomic E-state index is 10.7. The van der Waals surface area contributed by atoms with Crippen molar-refractivity contribution in [3.63, 3.8) is 0 Å². The van der Waals surface area contributed by atoms with Crippen LogP contribution in [0.1, 0.15) is 11.7 Å². The van der Waals surface area contributed by atoms with E-state index in [0.717, 1.165) is 0 Å². The van der Waals surface area contributed by atoms with Gasteiger partial charge in [-0.1, -0.05) is 12.1 Å². The topological polar surface area (TPSA) is 74.6 Å². The van der Waals surface area contributed by atoms with Gasteiger partial charge in [-0.15, -0.1) is 11.6 Å². The second-order valence-corrected chi connectivity index (χ2v) is 4.44. The minimum atomic E-state index is -4.17. The molecule has 0 amide bonds. The third-order valence-corrected chi connectivity index (χ3v) is 2.87. The lowest BCUT2D eigenvalue weighted by Crippen LogP contribution is -2.01. The van der Waals surface area contributed by atoms with Crippen LogP contribution < -0.4 is 0 Å². The van der Waals surface area contributed by atoms with E-state index >= 15 is 0 Å². The third kappa shape index (κ3) is 2.68. The van der Waals surface area contributed by atoms with Gasteiger partial charge in [0.25, 0.3) is 10.1 Å². The highest BCUT2D eigenvalue weighted by molar-refractivity contribution is 7.85. The van der Waals surface area contributed by atoms with Gasteiger partial charge < -0.3 is 5.11 Å². The van der Waals surface area contributed by atoms with E-state index in [1.165, 1.54) is 24.3 Å². The van der Waals surface area contributed by atoms with E-state index < -0.39 is 16.2 Å². The molecule has 0 aromatic heterocycles. The number of aliphatic hydroxyl groups excluding tert-OH is 1. The Morgan fingerprint density at radius 2 is 1.79 bits per heavy atom. The van der Waals surface area contributed by atoms with Crippen molar-refractivity contribution >= 4 is 21.7 Å². The summed E-state index contributed by atoms with van der Waals surface area (Å²) in [7, 11) is -4.17. The molecule has 1 atom stereocenters. The van der Waals surface area contributed by atoms with Crippen molar-refractivity contribution in [2.75, 3.05) is 5.88 Å². The molecule has 0 bridgehead atoms. The smallest absolute Gasteiger partial charge is 0.294 e. The molecule has 0 saturated heterocycles. The molecule has 0 aliphatic rings. The molecule has 0 aliphatic heterocycles. The van der Waals surface area contributed by atoms with Gasteiger partial charge >= 0.3 is 0 Å². The fourth-order valence-corrected chi connectivity index (χ4v) is 1.61. The Bertz CT molecular complexity index is 398. The Morgan fingerprint density at radius 3 is 2.14 bits per heavy atom. The Kier molecular flexibility index (Phi) is 3.49. The highest BCUT2D eigenvalue weighted by atomic mass is 35.5. The molecule has 78 valence electrons. The van der Waals surface area contributed by atoms with Gasteiger partial charge in [-0.25, -0.2) is 0 Å². The number of hydrogen-bond donors (Lipinski definition) is 2. The summed E-state index contributed by atoms with van der Waals surface area (Å²) in [5, 5.41) is 9.28. The molecule has 1 rings (SSSR count). The Labute approximate surface area is 86.9 Å². The lowest BCUT2D eigenvalue weighted by Gasteiger charge is -2.06. The monoisotopic (exact) mass is 236 g/mol. The molecule has 0 spiro atoms. The molecule has 14 heavy (non-hydrogen) atoms. The lowest BCUT2D eigenvalue weighted by atomic mass is 10.1. The maximum absolute atomic E-state index is 10.7. The maximum Gasteiger partial charge on any atom is 0.294 e. The van der Waals surface area contributed by atoms with Crippen molar-refractivity contribution in [1.29, 1.82) is 0 Å². The molecule has 6 heteroatoms. The quantitative estimate of drug-likeness (QED) is 0.611. The van der Waals surface area contributed by atoms with Crippen LogP contribution in [0.15, 0.2) is 29.2 Å². The van der Waals surface area contributed by atoms with Crippen LogP contribution in [0.4, 0.5) is 0 Å². The van der Waals surface area contributed by atoms with Gasteiger partial charge in [0.15, 0.2) is 0 Å². The van der Waals surface area contributed by atoms with Crippen molar-refractivity contribution in [3.8, 4) is 0 Å². The molecule has 4 nitrogen and oxygen atoms in total. The molecule has 0 radical (unpaired) electrons. The predicted molar refractivity (Wildman–Crippen MR) is 51.9 cm³/mol. The van der Waals surface area contributed by atoms with Gasteiger partial charge in [-0.3, -0.25) is 4.55 Å². The van der Waals surface area contributed by atoms with E-state index in [4.69, 9.17) is 16.2 Å². The molecule has 0 heterocycles. The van der Waals surface area contributed by atoms with E-state index in [9.17, 15) is 13.5 Å². The van der Waals surface area contributed by atoms with Crippen LogP contribution in [0.25, 0.3) is 0 Å². The molecule has 0 aliphatic carbocycles. The van der Waals surface area contributed by atoms with E-state index in [-0.39, 0.29) is 10.8 Å². The normalized spacial score (nSPS) is 13.9. The average Bonchev–Trinajstić information content (AvgIpc) is 2.15. The standard InChI is InChI=1S/C8H9ClO4S/c9-5-8(10)6-1-3-7(4-2-6)14(11,12)13/h1-4,8,10H,5H2,(H,11,12,13). The van der Waals surface area contributed by atoms with Gasteiger partial charge in [0.1, 0.15) is 0 Å². The van der Waals surface area contributed by atoms with Crippen LogP contribution in [0.2, 0.25) is 0 Å². The molecule has 0 fully saturated rings. The first kappa shape index (κ1) is 11.5. The van der Waals surface area contributed by atoms with Gasteiger partial charge in [0, 0.05) is 0 Å². The van der Waals surface area contributed by atoms with Crippen LogP contribution in [0.5, 0.6) is 0 Å². The Hall–Kier alpha value is -0.620. The number of rotatable bonds is 3. The number of aliphatic hydroxyl groups is 1. The number of benzene rings is 1. The minimum absolute atomic E-state index is 0.0330. The summed E-state index contributed by atoms with van der Waals surface area (Å²) in [6, 6.07) is 5.22. The molecular weight excluding hydrogens is 228 g/mol. The minimum Gasteiger partial charge on any atom is -0.387 e. The SMILES string of the molecule is O=S(=O)(O)c1ccc(C(O)CCl)cc1.